The minimum absolute atomic E-state index is 0.0220. The minimum Gasteiger partial charge on any atom is -0.326 e. The zero-order valence-corrected chi connectivity index (χ0v) is 19.4. The van der Waals surface area contributed by atoms with Crippen molar-refractivity contribution in [2.24, 2.45) is 0 Å². The molecular formula is C25H34N2O3S. The Bertz CT molecular complexity index is 956. The molecule has 0 unspecified atom stereocenters. The van der Waals surface area contributed by atoms with Gasteiger partial charge in [-0.15, -0.1) is 0 Å². The third kappa shape index (κ3) is 6.40. The maximum atomic E-state index is 12.6. The average molecular weight is 443 g/mol. The summed E-state index contributed by atoms with van der Waals surface area (Å²) in [6, 6.07) is 13.1. The fourth-order valence-electron chi connectivity index (χ4n) is 4.21. The van der Waals surface area contributed by atoms with Gasteiger partial charge in [0.15, 0.2) is 0 Å². The number of amides is 1. The molecular weight excluding hydrogens is 408 g/mol. The van der Waals surface area contributed by atoms with Gasteiger partial charge in [0.05, 0.1) is 4.90 Å². The molecule has 1 aliphatic carbocycles. The Morgan fingerprint density at radius 3 is 2.13 bits per heavy atom. The van der Waals surface area contributed by atoms with Crippen molar-refractivity contribution in [3.63, 3.8) is 0 Å². The van der Waals surface area contributed by atoms with Crippen LogP contribution in [0, 0.1) is 0 Å². The molecule has 168 valence electrons. The second-order valence-corrected chi connectivity index (χ2v) is 10.0. The highest BCUT2D eigenvalue weighted by atomic mass is 32.2. The Morgan fingerprint density at radius 1 is 0.935 bits per heavy atom. The van der Waals surface area contributed by atoms with Crippen LogP contribution in [-0.4, -0.2) is 20.4 Å². The molecule has 5 nitrogen and oxygen atoms in total. The molecule has 1 fully saturated rings. The first-order valence-electron chi connectivity index (χ1n) is 11.4. The molecule has 31 heavy (non-hydrogen) atoms. The van der Waals surface area contributed by atoms with Gasteiger partial charge in [0.2, 0.25) is 15.9 Å². The van der Waals surface area contributed by atoms with E-state index in [0.717, 1.165) is 60.9 Å². The van der Waals surface area contributed by atoms with Crippen molar-refractivity contribution in [3.8, 4) is 0 Å². The minimum atomic E-state index is -3.49. The van der Waals surface area contributed by atoms with Crippen LogP contribution in [-0.2, 0) is 34.1 Å². The molecule has 1 aliphatic rings. The van der Waals surface area contributed by atoms with E-state index in [4.69, 9.17) is 0 Å². The first-order chi connectivity index (χ1) is 14.9. The predicted molar refractivity (Wildman–Crippen MR) is 126 cm³/mol. The summed E-state index contributed by atoms with van der Waals surface area (Å²) in [5.41, 5.74) is 4.18. The van der Waals surface area contributed by atoms with Crippen molar-refractivity contribution in [2.45, 2.75) is 82.6 Å². The molecule has 0 aliphatic heterocycles. The van der Waals surface area contributed by atoms with Crippen LogP contribution >= 0.6 is 0 Å². The van der Waals surface area contributed by atoms with E-state index in [0.29, 0.717) is 12.8 Å². The van der Waals surface area contributed by atoms with Crippen LogP contribution in [0.1, 0.15) is 69.1 Å². The van der Waals surface area contributed by atoms with Gasteiger partial charge < -0.3 is 5.32 Å². The third-order valence-electron chi connectivity index (χ3n) is 6.06. The number of carbonyl (C=O) groups is 1. The molecule has 0 bridgehead atoms. The Hall–Kier alpha value is -2.18. The van der Waals surface area contributed by atoms with Crippen molar-refractivity contribution in [1.82, 2.24) is 4.72 Å². The zero-order chi connectivity index (χ0) is 22.3. The number of carbonyl (C=O) groups excluding carboxylic acids is 1. The lowest BCUT2D eigenvalue weighted by atomic mass is 9.96. The standard InChI is InChI=1S/C25H34N2O3S/c1-3-20-9-8-10-21(4-2)25(20)26-24(28)18-15-19-13-16-23(17-14-19)31(29,30)27-22-11-6-5-7-12-22/h8-10,13-14,16-17,22,27H,3-7,11-12,15,18H2,1-2H3,(H,26,28). The first kappa shape index (κ1) is 23.5. The van der Waals surface area contributed by atoms with Crippen LogP contribution in [0.15, 0.2) is 47.4 Å². The first-order valence-corrected chi connectivity index (χ1v) is 12.9. The molecule has 0 aromatic heterocycles. The van der Waals surface area contributed by atoms with E-state index >= 15 is 0 Å². The largest absolute Gasteiger partial charge is 0.326 e. The molecule has 0 radical (unpaired) electrons. The number of anilines is 1. The van der Waals surface area contributed by atoms with Crippen LogP contribution < -0.4 is 10.0 Å². The van der Waals surface area contributed by atoms with E-state index in [1.807, 2.05) is 6.07 Å². The molecule has 2 aromatic carbocycles. The number of aryl methyl sites for hydroxylation is 3. The second kappa shape index (κ2) is 10.9. The number of nitrogens with one attached hydrogen (secondary N) is 2. The van der Waals surface area contributed by atoms with Gasteiger partial charge in [0.1, 0.15) is 0 Å². The Balaban J connectivity index is 1.57. The number of sulfonamides is 1. The van der Waals surface area contributed by atoms with Crippen molar-refractivity contribution in [2.75, 3.05) is 5.32 Å². The Morgan fingerprint density at radius 2 is 1.55 bits per heavy atom. The number of hydrogen-bond donors (Lipinski definition) is 2. The highest BCUT2D eigenvalue weighted by Crippen LogP contribution is 2.23. The van der Waals surface area contributed by atoms with Gasteiger partial charge in [-0.1, -0.05) is 63.4 Å². The topological polar surface area (TPSA) is 75.3 Å². The smallest absolute Gasteiger partial charge is 0.240 e. The number of para-hydroxylation sites is 1. The van der Waals surface area contributed by atoms with Crippen molar-refractivity contribution < 1.29 is 13.2 Å². The third-order valence-corrected chi connectivity index (χ3v) is 7.60. The van der Waals surface area contributed by atoms with Crippen LogP contribution in [0.5, 0.6) is 0 Å². The molecule has 6 heteroatoms. The van der Waals surface area contributed by atoms with Gasteiger partial charge in [-0.3, -0.25) is 4.79 Å². The van der Waals surface area contributed by atoms with Crippen LogP contribution in [0.4, 0.5) is 5.69 Å². The summed E-state index contributed by atoms with van der Waals surface area (Å²) in [6.07, 6.45) is 7.83. The van der Waals surface area contributed by atoms with Gasteiger partial charge in [0.25, 0.3) is 0 Å². The highest BCUT2D eigenvalue weighted by Gasteiger charge is 2.21. The fraction of sp³-hybridized carbons (Fsp3) is 0.480. The predicted octanol–water partition coefficient (Wildman–Crippen LogP) is 4.99. The molecule has 2 N–H and O–H groups in total. The summed E-state index contributed by atoms with van der Waals surface area (Å²) in [5, 5.41) is 3.09. The van der Waals surface area contributed by atoms with E-state index in [1.54, 1.807) is 24.3 Å². The molecule has 0 atom stereocenters. The van der Waals surface area contributed by atoms with E-state index in [9.17, 15) is 13.2 Å². The highest BCUT2D eigenvalue weighted by molar-refractivity contribution is 7.89. The summed E-state index contributed by atoms with van der Waals surface area (Å²) in [6.45, 7) is 4.17. The number of hydrogen-bond acceptors (Lipinski definition) is 3. The van der Waals surface area contributed by atoms with Crippen LogP contribution in [0.25, 0.3) is 0 Å². The van der Waals surface area contributed by atoms with E-state index in [-0.39, 0.29) is 16.8 Å². The lowest BCUT2D eigenvalue weighted by Gasteiger charge is -2.22. The number of benzene rings is 2. The summed E-state index contributed by atoms with van der Waals surface area (Å²) in [4.78, 5) is 12.8. The van der Waals surface area contributed by atoms with Crippen molar-refractivity contribution in [1.29, 1.82) is 0 Å². The normalized spacial score (nSPS) is 15.0. The molecule has 0 heterocycles. The molecule has 0 spiro atoms. The number of rotatable bonds is 9. The van der Waals surface area contributed by atoms with Crippen molar-refractivity contribution in [3.05, 3.63) is 59.2 Å². The molecule has 1 saturated carbocycles. The Labute approximate surface area is 186 Å². The second-order valence-electron chi connectivity index (χ2n) is 8.31. The summed E-state index contributed by atoms with van der Waals surface area (Å²) in [7, 11) is -3.49. The lowest BCUT2D eigenvalue weighted by molar-refractivity contribution is -0.116. The fourth-order valence-corrected chi connectivity index (χ4v) is 5.51. The quantitative estimate of drug-likeness (QED) is 0.574. The van der Waals surface area contributed by atoms with Gasteiger partial charge in [-0.05, 0) is 60.9 Å². The molecule has 1 amide bonds. The van der Waals surface area contributed by atoms with E-state index in [1.165, 1.54) is 6.42 Å². The van der Waals surface area contributed by atoms with Crippen LogP contribution in [0.3, 0.4) is 0 Å². The molecule has 0 saturated heterocycles. The maximum absolute atomic E-state index is 12.6. The lowest BCUT2D eigenvalue weighted by Crippen LogP contribution is -2.36. The zero-order valence-electron chi connectivity index (χ0n) is 18.6. The van der Waals surface area contributed by atoms with Crippen LogP contribution in [0.2, 0.25) is 0 Å². The monoisotopic (exact) mass is 442 g/mol. The van der Waals surface area contributed by atoms with Crippen molar-refractivity contribution >= 4 is 21.6 Å². The van der Waals surface area contributed by atoms with E-state index < -0.39 is 10.0 Å². The molecule has 3 rings (SSSR count). The van der Waals surface area contributed by atoms with Gasteiger partial charge in [-0.2, -0.15) is 0 Å². The summed E-state index contributed by atoms with van der Waals surface area (Å²) < 4.78 is 28.1. The summed E-state index contributed by atoms with van der Waals surface area (Å²) >= 11 is 0. The average Bonchev–Trinajstić information content (AvgIpc) is 2.78. The summed E-state index contributed by atoms with van der Waals surface area (Å²) in [5.74, 6) is -0.0220. The van der Waals surface area contributed by atoms with Gasteiger partial charge in [0, 0.05) is 18.2 Å². The SMILES string of the molecule is CCc1cccc(CC)c1NC(=O)CCc1ccc(S(=O)(=O)NC2CCCCC2)cc1. The Kier molecular flexibility index (Phi) is 8.27. The van der Waals surface area contributed by atoms with Gasteiger partial charge in [-0.25, -0.2) is 13.1 Å². The van der Waals surface area contributed by atoms with E-state index in [2.05, 4.69) is 36.0 Å². The molecule has 2 aromatic rings. The maximum Gasteiger partial charge on any atom is 0.240 e. The van der Waals surface area contributed by atoms with Gasteiger partial charge >= 0.3 is 0 Å².